The van der Waals surface area contributed by atoms with Crippen molar-refractivity contribution in [1.82, 2.24) is 0 Å². The van der Waals surface area contributed by atoms with Crippen LogP contribution in [0.25, 0.3) is 0 Å². The van der Waals surface area contributed by atoms with Crippen LogP contribution in [-0.2, 0) is 22.9 Å². The molecule has 2 fully saturated rings. The molecule has 6 atom stereocenters. The summed E-state index contributed by atoms with van der Waals surface area (Å²) in [5, 5.41) is 4.80. The van der Waals surface area contributed by atoms with Gasteiger partial charge in [-0.1, -0.05) is 74.5 Å². The van der Waals surface area contributed by atoms with Crippen molar-refractivity contribution in [3.05, 3.63) is 71.8 Å². The standard InChI is InChI=1S/2C14H22N2.4ClH.6HI.2V/c2*1-12-8-9-16(11-14(12)15-2)10-13-6-4-3-5-7-13;;;;;;;;;;;;/h2*3-7,12,14-15H,8-11H2,1-2H3;10*1H;;/q;;;;;;;;;;;;2*+3/p-6. The third-order valence-electron chi connectivity index (χ3n) is 7.87. The molecule has 0 spiro atoms. The monoisotopic (exact) mass is 1440 g/mol. The molecule has 2 heterocycles. The summed E-state index contributed by atoms with van der Waals surface area (Å²) in [6.07, 6.45) is 2.74. The first kappa shape index (κ1) is 55.7. The van der Waals surface area contributed by atoms with Crippen LogP contribution in [0.5, 0.6) is 0 Å². The minimum absolute atomic E-state index is 0. The first-order valence-corrected chi connectivity index (χ1v) is 41.0. The van der Waals surface area contributed by atoms with Crippen LogP contribution >= 0.6 is 120 Å². The van der Waals surface area contributed by atoms with Crippen LogP contribution in [-0.4, -0.2) is 52.4 Å². The van der Waals surface area contributed by atoms with Gasteiger partial charge in [0, 0.05) is 35.8 Å². The van der Waals surface area contributed by atoms with Crippen LogP contribution in [0, 0.1) is 11.8 Å². The number of quaternary nitrogens is 4. The number of hydrogen-bond acceptors (Lipinski definition) is 0. The van der Waals surface area contributed by atoms with Crippen molar-refractivity contribution in [3.8, 4) is 0 Å². The molecule has 4 nitrogen and oxygen atoms in total. The van der Waals surface area contributed by atoms with Gasteiger partial charge in [0.1, 0.15) is 38.3 Å². The Morgan fingerprint density at radius 2 is 0.864 bits per heavy atom. The number of nitrogens with two attached hydrogens (primary N) is 2. The number of benzene rings is 2. The Kier molecular flexibility index (Phi) is 44.4. The van der Waals surface area contributed by atoms with E-state index < -0.39 is 0 Å². The summed E-state index contributed by atoms with van der Waals surface area (Å²) in [5.41, 5.74) is 2.95. The number of likely N-dealkylation sites (tertiary alicyclic amines) is 2. The van der Waals surface area contributed by atoms with E-state index in [1.807, 2.05) is 0 Å². The van der Waals surface area contributed by atoms with E-state index in [1.54, 1.807) is 9.80 Å². The van der Waals surface area contributed by atoms with Crippen LogP contribution in [0.15, 0.2) is 60.7 Å². The van der Waals surface area contributed by atoms with Gasteiger partial charge in [-0.25, -0.2) is 0 Å². The van der Waals surface area contributed by atoms with E-state index in [4.69, 9.17) is 0 Å². The fourth-order valence-corrected chi connectivity index (χ4v) is 5.55. The second-order valence-electron chi connectivity index (χ2n) is 10.6. The van der Waals surface area contributed by atoms with Crippen molar-refractivity contribution in [2.75, 3.05) is 40.3 Å². The van der Waals surface area contributed by atoms with E-state index in [0.29, 0.717) is 0 Å². The number of hydrogen-bond donors (Lipinski definition) is 4. The molecule has 260 valence electrons. The van der Waals surface area contributed by atoms with E-state index in [2.05, 4.69) is 219 Å². The number of nitrogens with one attached hydrogen (secondary N) is 2. The Hall–Kier alpha value is 4.99. The molecule has 0 saturated carbocycles. The summed E-state index contributed by atoms with van der Waals surface area (Å²) in [4.78, 5) is 2.93. The predicted octanol–water partition coefficient (Wildman–Crippen LogP) is -7.33. The topological polar surface area (TPSA) is 42.1 Å². The Morgan fingerprint density at radius 3 is 1.11 bits per heavy atom. The molecule has 0 amide bonds. The molecule has 6 N–H and O–H groups in total. The van der Waals surface area contributed by atoms with Gasteiger partial charge in [0.05, 0.1) is 27.2 Å². The minimum atomic E-state index is -0.278. The Balaban J connectivity index is -0.000000273. The maximum atomic E-state index is 2.46. The second kappa shape index (κ2) is 35.0. The quantitative estimate of drug-likeness (QED) is 0.208. The van der Waals surface area contributed by atoms with E-state index in [9.17, 15) is 0 Å². The Bertz CT molecular complexity index is 815. The van der Waals surface area contributed by atoms with Crippen LogP contribution < -0.4 is 70.1 Å². The van der Waals surface area contributed by atoms with Gasteiger partial charge >= 0.3 is 130 Å². The number of halogens is 10. The van der Waals surface area contributed by atoms with Gasteiger partial charge in [-0.2, -0.15) is 0 Å². The Labute approximate surface area is 368 Å². The third kappa shape index (κ3) is 28.6. The Morgan fingerprint density at radius 1 is 0.591 bits per heavy atom. The van der Waals surface area contributed by atoms with Crippen molar-refractivity contribution in [3.63, 3.8) is 0 Å². The van der Waals surface area contributed by atoms with Gasteiger partial charge in [0.25, 0.3) is 0 Å². The number of likely N-dealkylation sites (N-methyl/N-ethyl adjacent to an activating group) is 2. The fraction of sp³-hybridized carbons (Fsp3) is 0.571. The first-order valence-electron chi connectivity index (χ1n) is 13.9. The summed E-state index contributed by atoms with van der Waals surface area (Å²) in [6.45, 7) is 12.5. The molecule has 6 unspecified atom stereocenters. The van der Waals surface area contributed by atoms with E-state index in [1.165, 1.54) is 63.2 Å². The fourth-order valence-electron chi connectivity index (χ4n) is 5.55. The molecule has 44 heavy (non-hydrogen) atoms. The average molecular weight is 1450 g/mol. The van der Waals surface area contributed by atoms with Crippen LogP contribution in [0.3, 0.4) is 0 Å². The summed E-state index contributed by atoms with van der Waals surface area (Å²) < 4.78 is 0. The van der Waals surface area contributed by atoms with Crippen LogP contribution in [0.2, 0.25) is 0 Å². The summed E-state index contributed by atoms with van der Waals surface area (Å²) in [5.74, 6) is 1.76. The van der Waals surface area contributed by atoms with Gasteiger partial charge in [-0.15, -0.1) is 0 Å². The molecule has 0 aromatic heterocycles. The van der Waals surface area contributed by atoms with Crippen molar-refractivity contribution in [2.45, 2.75) is 51.9 Å². The molecule has 2 aliphatic rings. The van der Waals surface area contributed by atoms with Crippen LogP contribution in [0.1, 0.15) is 37.8 Å². The summed E-state index contributed by atoms with van der Waals surface area (Å²) in [7, 11) is 4.43. The molecule has 4 rings (SSSR count). The molecular formula is C28H48Cl4I6N4V2. The average Bonchev–Trinajstić information content (AvgIpc) is 2.92. The number of piperidine rings is 2. The summed E-state index contributed by atoms with van der Waals surface area (Å²) >= 11 is 14.8. The van der Waals surface area contributed by atoms with Gasteiger partial charge in [0.2, 0.25) is 0 Å². The zero-order valence-corrected chi connectivity index (χ0v) is 44.3. The van der Waals surface area contributed by atoms with Crippen molar-refractivity contribution >= 4 is 120 Å². The molecule has 16 heteroatoms. The van der Waals surface area contributed by atoms with Crippen molar-refractivity contribution < 1.29 is 79.9 Å². The molecule has 2 aromatic rings. The normalized spacial score (nSPS) is 23.6. The second-order valence-corrected chi connectivity index (χ2v) is 81.4. The summed E-state index contributed by atoms with van der Waals surface area (Å²) in [6, 6.07) is 23.4. The predicted molar refractivity (Wildman–Crippen MR) is 217 cm³/mol. The van der Waals surface area contributed by atoms with Gasteiger partial charge in [-0.3, -0.25) is 0 Å². The SMILES string of the molecule is C[NH2+]C1C[NH+](Cc2ccccc2)CCC1C.C[NH2+]C1C[NH+](Cc2ccccc2)CCC1C.[Cl-].[Cl-].[Cl-].[Cl-].[I][V]([I])[I].[I][V]([I])[I]. The van der Waals surface area contributed by atoms with Gasteiger partial charge in [-0.05, 0) is 0 Å². The van der Waals surface area contributed by atoms with Gasteiger partial charge < -0.3 is 70.1 Å². The molecule has 0 radical (unpaired) electrons. The maximum absolute atomic E-state index is 2.46. The first-order chi connectivity index (χ1) is 19.0. The van der Waals surface area contributed by atoms with E-state index >= 15 is 0 Å². The van der Waals surface area contributed by atoms with E-state index in [0.717, 1.165) is 23.9 Å². The molecule has 2 saturated heterocycles. The molecule has 2 aliphatic heterocycles. The zero-order valence-electron chi connectivity index (χ0n) is 25.6. The van der Waals surface area contributed by atoms with Crippen LogP contribution in [0.4, 0.5) is 0 Å². The van der Waals surface area contributed by atoms with E-state index in [-0.39, 0.29) is 59.5 Å². The zero-order chi connectivity index (χ0) is 29.9. The van der Waals surface area contributed by atoms with Gasteiger partial charge in [0.15, 0.2) is 0 Å². The van der Waals surface area contributed by atoms with Crippen molar-refractivity contribution in [1.29, 1.82) is 0 Å². The molecule has 0 aliphatic carbocycles. The number of rotatable bonds is 6. The molecule has 0 bridgehead atoms. The molecular weight excluding hydrogens is 1400 g/mol. The molecule has 2 aromatic carbocycles. The third-order valence-corrected chi connectivity index (χ3v) is 7.87. The van der Waals surface area contributed by atoms with Crippen molar-refractivity contribution in [2.24, 2.45) is 11.8 Å².